The van der Waals surface area contributed by atoms with Crippen LogP contribution in [-0.4, -0.2) is 25.3 Å². The molecule has 0 unspecified atom stereocenters. The Kier molecular flexibility index (Phi) is 7.19. The number of aryl methyl sites for hydroxylation is 2. The van der Waals surface area contributed by atoms with Gasteiger partial charge in [-0.05, 0) is 61.4 Å². The van der Waals surface area contributed by atoms with Crippen molar-refractivity contribution < 1.29 is 17.7 Å². The van der Waals surface area contributed by atoms with Crippen molar-refractivity contribution in [3.63, 3.8) is 0 Å². The number of anilines is 2. The van der Waals surface area contributed by atoms with Gasteiger partial charge in [0.25, 0.3) is 10.1 Å². The summed E-state index contributed by atoms with van der Waals surface area (Å²) in [6.45, 7) is 4.86. The standard InChI is InChI=1S/C23H31NO4S/c1-3-5-9-18-13-14-21-20(17-18)24(15-8-16-29(25,26)27)23-19(10-6-4-2)11-7-12-22(23)28-21/h7,11-14,17H,3-6,8-10,15-16H2,1-2H3,(H,25,26,27). The summed E-state index contributed by atoms with van der Waals surface area (Å²) in [6, 6.07) is 12.4. The maximum absolute atomic E-state index is 11.3. The number of rotatable bonds is 10. The van der Waals surface area contributed by atoms with Crippen molar-refractivity contribution in [3.8, 4) is 11.5 Å². The molecule has 0 saturated carbocycles. The van der Waals surface area contributed by atoms with Crippen molar-refractivity contribution in [2.75, 3.05) is 17.2 Å². The normalized spacial score (nSPS) is 13.0. The fourth-order valence-electron chi connectivity index (χ4n) is 3.80. The summed E-state index contributed by atoms with van der Waals surface area (Å²) in [5.74, 6) is 1.35. The average molecular weight is 418 g/mol. The number of hydrogen-bond acceptors (Lipinski definition) is 4. The Morgan fingerprint density at radius 2 is 1.72 bits per heavy atom. The Bertz CT molecular complexity index is 940. The molecule has 6 heteroatoms. The first-order valence-corrected chi connectivity index (χ1v) is 12.2. The zero-order valence-corrected chi connectivity index (χ0v) is 18.2. The van der Waals surface area contributed by atoms with Crippen LogP contribution in [0, 0.1) is 0 Å². The third-order valence-corrected chi connectivity index (χ3v) is 6.09. The number of hydrogen-bond donors (Lipinski definition) is 1. The Labute approximate surface area is 174 Å². The Balaban J connectivity index is 1.99. The van der Waals surface area contributed by atoms with Gasteiger partial charge in [0.1, 0.15) is 0 Å². The van der Waals surface area contributed by atoms with Gasteiger partial charge in [-0.1, -0.05) is 44.9 Å². The van der Waals surface area contributed by atoms with E-state index in [4.69, 9.17) is 4.74 Å². The molecule has 1 N–H and O–H groups in total. The first-order chi connectivity index (χ1) is 13.9. The highest BCUT2D eigenvalue weighted by Gasteiger charge is 2.27. The Morgan fingerprint density at radius 1 is 0.966 bits per heavy atom. The summed E-state index contributed by atoms with van der Waals surface area (Å²) in [6.07, 6.45) is 6.74. The third-order valence-electron chi connectivity index (χ3n) is 5.29. The van der Waals surface area contributed by atoms with Crippen LogP contribution in [0.1, 0.15) is 57.1 Å². The minimum Gasteiger partial charge on any atom is -0.453 e. The molecule has 0 radical (unpaired) electrons. The van der Waals surface area contributed by atoms with E-state index in [9.17, 15) is 13.0 Å². The lowest BCUT2D eigenvalue weighted by Crippen LogP contribution is -2.25. The molecule has 0 spiro atoms. The average Bonchev–Trinajstić information content (AvgIpc) is 2.69. The van der Waals surface area contributed by atoms with E-state index in [0.717, 1.165) is 61.4 Å². The van der Waals surface area contributed by atoms with E-state index in [0.29, 0.717) is 13.0 Å². The molecule has 2 aromatic carbocycles. The van der Waals surface area contributed by atoms with Crippen LogP contribution in [0.4, 0.5) is 11.4 Å². The summed E-state index contributed by atoms with van der Waals surface area (Å²) in [5.41, 5.74) is 4.46. The number of benzene rings is 2. The molecule has 29 heavy (non-hydrogen) atoms. The second kappa shape index (κ2) is 9.63. The predicted molar refractivity (Wildman–Crippen MR) is 118 cm³/mol. The van der Waals surface area contributed by atoms with Crippen molar-refractivity contribution in [2.24, 2.45) is 0 Å². The number of para-hydroxylation sites is 1. The van der Waals surface area contributed by atoms with Gasteiger partial charge in [0, 0.05) is 6.54 Å². The fraction of sp³-hybridized carbons (Fsp3) is 0.478. The van der Waals surface area contributed by atoms with Crippen LogP contribution in [0.15, 0.2) is 36.4 Å². The van der Waals surface area contributed by atoms with E-state index in [2.05, 4.69) is 36.9 Å². The molecule has 0 aliphatic carbocycles. The van der Waals surface area contributed by atoms with Crippen LogP contribution >= 0.6 is 0 Å². The molecular formula is C23H31NO4S. The van der Waals surface area contributed by atoms with Crippen molar-refractivity contribution in [1.82, 2.24) is 0 Å². The van der Waals surface area contributed by atoms with Crippen LogP contribution in [0.3, 0.4) is 0 Å². The van der Waals surface area contributed by atoms with Crippen LogP contribution in [0.5, 0.6) is 11.5 Å². The smallest absolute Gasteiger partial charge is 0.264 e. The monoisotopic (exact) mass is 417 g/mol. The molecule has 5 nitrogen and oxygen atoms in total. The van der Waals surface area contributed by atoms with Crippen molar-refractivity contribution in [1.29, 1.82) is 0 Å². The molecule has 1 aliphatic rings. The number of unbranched alkanes of at least 4 members (excludes halogenated alkanes) is 2. The SMILES string of the molecule is CCCCc1ccc2c(c1)N(CCCS(=O)(=O)O)c1c(CCCC)cccc1O2. The fourth-order valence-corrected chi connectivity index (χ4v) is 4.29. The van der Waals surface area contributed by atoms with E-state index in [1.807, 2.05) is 18.2 Å². The van der Waals surface area contributed by atoms with E-state index in [1.165, 1.54) is 11.1 Å². The minimum atomic E-state index is -3.98. The molecule has 0 aromatic heterocycles. The van der Waals surface area contributed by atoms with E-state index in [-0.39, 0.29) is 5.75 Å². The molecule has 0 saturated heterocycles. The van der Waals surface area contributed by atoms with E-state index < -0.39 is 10.1 Å². The van der Waals surface area contributed by atoms with E-state index >= 15 is 0 Å². The first-order valence-electron chi connectivity index (χ1n) is 10.6. The molecule has 0 bridgehead atoms. The maximum Gasteiger partial charge on any atom is 0.264 e. The van der Waals surface area contributed by atoms with Crippen molar-refractivity contribution in [3.05, 3.63) is 47.5 Å². The first kappa shape index (κ1) is 21.7. The zero-order chi connectivity index (χ0) is 20.9. The molecule has 158 valence electrons. The van der Waals surface area contributed by atoms with Crippen molar-refractivity contribution >= 4 is 21.5 Å². The summed E-state index contributed by atoms with van der Waals surface area (Å²) in [4.78, 5) is 2.18. The van der Waals surface area contributed by atoms with Gasteiger partial charge in [-0.15, -0.1) is 0 Å². The predicted octanol–water partition coefficient (Wildman–Crippen LogP) is 5.89. The molecule has 1 heterocycles. The van der Waals surface area contributed by atoms with Gasteiger partial charge in [-0.25, -0.2) is 0 Å². The highest BCUT2D eigenvalue weighted by molar-refractivity contribution is 7.85. The number of fused-ring (bicyclic) bond motifs is 2. The zero-order valence-electron chi connectivity index (χ0n) is 17.4. The molecule has 1 aliphatic heterocycles. The lowest BCUT2D eigenvalue weighted by Gasteiger charge is -2.35. The quantitative estimate of drug-likeness (QED) is 0.488. The van der Waals surface area contributed by atoms with Gasteiger partial charge < -0.3 is 9.64 Å². The summed E-state index contributed by atoms with van der Waals surface area (Å²) >= 11 is 0. The maximum atomic E-state index is 11.3. The number of ether oxygens (including phenoxy) is 1. The Hall–Kier alpha value is -2.05. The van der Waals surface area contributed by atoms with Gasteiger partial charge >= 0.3 is 0 Å². The van der Waals surface area contributed by atoms with Gasteiger partial charge in [-0.2, -0.15) is 8.42 Å². The molecule has 0 atom stereocenters. The highest BCUT2D eigenvalue weighted by atomic mass is 32.2. The lowest BCUT2D eigenvalue weighted by atomic mass is 10.0. The third kappa shape index (κ3) is 5.52. The van der Waals surface area contributed by atoms with Gasteiger partial charge in [0.05, 0.1) is 17.1 Å². The van der Waals surface area contributed by atoms with Crippen LogP contribution < -0.4 is 9.64 Å². The lowest BCUT2D eigenvalue weighted by molar-refractivity contribution is 0.470. The van der Waals surface area contributed by atoms with Crippen molar-refractivity contribution in [2.45, 2.75) is 58.8 Å². The molecule has 3 rings (SSSR count). The van der Waals surface area contributed by atoms with Crippen LogP contribution in [-0.2, 0) is 23.0 Å². The van der Waals surface area contributed by atoms with Gasteiger partial charge in [0.2, 0.25) is 0 Å². The topological polar surface area (TPSA) is 66.8 Å². The van der Waals surface area contributed by atoms with Gasteiger partial charge in [-0.3, -0.25) is 4.55 Å². The largest absolute Gasteiger partial charge is 0.453 e. The van der Waals surface area contributed by atoms with Crippen LogP contribution in [0.2, 0.25) is 0 Å². The molecule has 2 aromatic rings. The van der Waals surface area contributed by atoms with Gasteiger partial charge in [0.15, 0.2) is 11.5 Å². The van der Waals surface area contributed by atoms with E-state index in [1.54, 1.807) is 0 Å². The second-order valence-electron chi connectivity index (χ2n) is 7.67. The molecular weight excluding hydrogens is 386 g/mol. The summed E-state index contributed by atoms with van der Waals surface area (Å²) in [5, 5.41) is 0. The summed E-state index contributed by atoms with van der Waals surface area (Å²) in [7, 11) is -3.98. The molecule has 0 amide bonds. The number of nitrogens with zero attached hydrogens (tertiary/aromatic N) is 1. The molecule has 0 fully saturated rings. The van der Waals surface area contributed by atoms with Crippen LogP contribution in [0.25, 0.3) is 0 Å². The Morgan fingerprint density at radius 3 is 2.45 bits per heavy atom. The minimum absolute atomic E-state index is 0.248. The summed E-state index contributed by atoms with van der Waals surface area (Å²) < 4.78 is 37.9. The highest BCUT2D eigenvalue weighted by Crippen LogP contribution is 2.49. The second-order valence-corrected chi connectivity index (χ2v) is 9.24.